The average molecular weight is 415 g/mol. The number of rotatable bonds is 9. The lowest BCUT2D eigenvalue weighted by atomic mass is 10.2. The zero-order chi connectivity index (χ0) is 21.7. The number of carbonyl (C=O) groups excluding carboxylic acids is 1. The van der Waals surface area contributed by atoms with Crippen LogP contribution in [0.3, 0.4) is 0 Å². The Hall–Kier alpha value is -3.10. The van der Waals surface area contributed by atoms with E-state index in [0.717, 1.165) is 35.4 Å². The highest BCUT2D eigenvalue weighted by atomic mass is 16.6. The third-order valence-electron chi connectivity index (χ3n) is 4.34. The van der Waals surface area contributed by atoms with Gasteiger partial charge in [0.1, 0.15) is 11.6 Å². The summed E-state index contributed by atoms with van der Waals surface area (Å²) < 4.78 is 12.8. The van der Waals surface area contributed by atoms with E-state index in [1.54, 1.807) is 0 Å². The Kier molecular flexibility index (Phi) is 6.91. The number of anilines is 1. The molecule has 0 spiro atoms. The fourth-order valence-corrected chi connectivity index (χ4v) is 3.12. The SMILES string of the molecule is Cc1nnc2c(NCCCCNC(=O)OC(C)C)nc3cc(OC(C)C)ccc3n12. The number of nitrogens with zero attached hydrogens (tertiary/aromatic N) is 4. The van der Waals surface area contributed by atoms with Gasteiger partial charge in [0.15, 0.2) is 5.82 Å². The molecule has 2 aromatic heterocycles. The van der Waals surface area contributed by atoms with Crippen LogP contribution >= 0.6 is 0 Å². The molecule has 0 bridgehead atoms. The third kappa shape index (κ3) is 5.28. The molecule has 0 unspecified atom stereocenters. The molecule has 0 atom stereocenters. The van der Waals surface area contributed by atoms with E-state index >= 15 is 0 Å². The van der Waals surface area contributed by atoms with E-state index in [1.165, 1.54) is 0 Å². The lowest BCUT2D eigenvalue weighted by molar-refractivity contribution is 0.115. The highest BCUT2D eigenvalue weighted by Gasteiger charge is 2.14. The number of aromatic nitrogens is 4. The standard InChI is InChI=1S/C21H30N6O3/c1-13(2)29-16-8-9-18-17(12-16)24-19(20-26-25-15(5)27(18)20)22-10-6-7-11-23-21(28)30-14(3)4/h8-9,12-14H,6-7,10-11H2,1-5H3,(H,22,24)(H,23,28). The van der Waals surface area contributed by atoms with Crippen molar-refractivity contribution >= 4 is 28.6 Å². The molecule has 3 rings (SSSR count). The summed E-state index contributed by atoms with van der Waals surface area (Å²) >= 11 is 0. The van der Waals surface area contributed by atoms with Crippen LogP contribution in [0.2, 0.25) is 0 Å². The number of fused-ring (bicyclic) bond motifs is 3. The molecule has 1 aromatic carbocycles. The second-order valence-corrected chi connectivity index (χ2v) is 7.70. The van der Waals surface area contributed by atoms with Gasteiger partial charge in [0, 0.05) is 19.2 Å². The maximum atomic E-state index is 11.5. The molecular formula is C21H30N6O3. The van der Waals surface area contributed by atoms with Gasteiger partial charge >= 0.3 is 6.09 Å². The van der Waals surface area contributed by atoms with Gasteiger partial charge in [-0.1, -0.05) is 0 Å². The molecule has 9 heteroatoms. The third-order valence-corrected chi connectivity index (χ3v) is 4.34. The number of unbranched alkanes of at least 4 members (excludes halogenated alkanes) is 1. The summed E-state index contributed by atoms with van der Waals surface area (Å²) in [5, 5.41) is 14.6. The summed E-state index contributed by atoms with van der Waals surface area (Å²) in [6.45, 7) is 10.8. The van der Waals surface area contributed by atoms with Gasteiger partial charge < -0.3 is 20.1 Å². The number of alkyl carbamates (subject to hydrolysis) is 1. The zero-order valence-corrected chi connectivity index (χ0v) is 18.2. The minimum atomic E-state index is -0.380. The number of ether oxygens (including phenoxy) is 2. The molecule has 0 saturated heterocycles. The number of hydrogen-bond donors (Lipinski definition) is 2. The van der Waals surface area contributed by atoms with Crippen LogP contribution in [0.4, 0.5) is 10.6 Å². The molecule has 0 radical (unpaired) electrons. The molecule has 30 heavy (non-hydrogen) atoms. The van der Waals surface area contributed by atoms with Gasteiger partial charge in [-0.2, -0.15) is 0 Å². The number of nitrogens with one attached hydrogen (secondary N) is 2. The van der Waals surface area contributed by atoms with Crippen LogP contribution < -0.4 is 15.4 Å². The minimum Gasteiger partial charge on any atom is -0.491 e. The quantitative estimate of drug-likeness (QED) is 0.515. The van der Waals surface area contributed by atoms with Crippen LogP contribution in [-0.4, -0.2) is 51.0 Å². The number of amides is 1. The second kappa shape index (κ2) is 9.60. The predicted octanol–water partition coefficient (Wildman–Crippen LogP) is 3.70. The summed E-state index contributed by atoms with van der Waals surface area (Å²) in [5.74, 6) is 2.25. The maximum absolute atomic E-state index is 11.5. The van der Waals surface area contributed by atoms with E-state index in [4.69, 9.17) is 14.5 Å². The van der Waals surface area contributed by atoms with Crippen LogP contribution in [0.15, 0.2) is 18.2 Å². The van der Waals surface area contributed by atoms with Crippen molar-refractivity contribution in [2.45, 2.75) is 59.7 Å². The van der Waals surface area contributed by atoms with Crippen molar-refractivity contribution in [1.29, 1.82) is 0 Å². The van der Waals surface area contributed by atoms with E-state index < -0.39 is 0 Å². The number of benzene rings is 1. The van der Waals surface area contributed by atoms with E-state index in [0.29, 0.717) is 24.6 Å². The van der Waals surface area contributed by atoms with Crippen LogP contribution in [-0.2, 0) is 4.74 Å². The Bertz CT molecular complexity index is 1010. The molecule has 0 aliphatic carbocycles. The van der Waals surface area contributed by atoms with Gasteiger partial charge in [0.05, 0.1) is 23.2 Å². The van der Waals surface area contributed by atoms with Crippen molar-refractivity contribution < 1.29 is 14.3 Å². The molecule has 1 amide bonds. The van der Waals surface area contributed by atoms with Crippen molar-refractivity contribution in [1.82, 2.24) is 24.9 Å². The summed E-state index contributed by atoms with van der Waals surface area (Å²) in [6.07, 6.45) is 1.27. The van der Waals surface area contributed by atoms with Crippen molar-refractivity contribution in [2.75, 3.05) is 18.4 Å². The van der Waals surface area contributed by atoms with Crippen LogP contribution in [0.25, 0.3) is 16.7 Å². The topological polar surface area (TPSA) is 103 Å². The first-order valence-corrected chi connectivity index (χ1v) is 10.4. The molecule has 0 fully saturated rings. The first kappa shape index (κ1) is 21.6. The molecule has 2 N–H and O–H groups in total. The molecule has 3 aromatic rings. The Morgan fingerprint density at radius 1 is 1.10 bits per heavy atom. The summed E-state index contributed by atoms with van der Waals surface area (Å²) in [4.78, 5) is 16.2. The predicted molar refractivity (Wildman–Crippen MR) is 116 cm³/mol. The Balaban J connectivity index is 1.68. The number of carbonyl (C=O) groups is 1. The maximum Gasteiger partial charge on any atom is 0.407 e. The highest BCUT2D eigenvalue weighted by molar-refractivity contribution is 5.84. The van der Waals surface area contributed by atoms with Gasteiger partial charge in [-0.05, 0) is 59.6 Å². The van der Waals surface area contributed by atoms with Gasteiger partial charge in [-0.3, -0.25) is 4.40 Å². The molecule has 2 heterocycles. The van der Waals surface area contributed by atoms with Crippen molar-refractivity contribution in [2.24, 2.45) is 0 Å². The fourth-order valence-electron chi connectivity index (χ4n) is 3.12. The molecule has 0 saturated carbocycles. The number of aryl methyl sites for hydroxylation is 1. The molecule has 162 valence electrons. The molecular weight excluding hydrogens is 384 g/mol. The van der Waals surface area contributed by atoms with Crippen molar-refractivity contribution in [3.8, 4) is 5.75 Å². The zero-order valence-electron chi connectivity index (χ0n) is 18.2. The summed E-state index contributed by atoms with van der Waals surface area (Å²) in [5.41, 5.74) is 2.43. The van der Waals surface area contributed by atoms with Gasteiger partial charge in [0.2, 0.25) is 5.65 Å². The van der Waals surface area contributed by atoms with Crippen molar-refractivity contribution in [3.63, 3.8) is 0 Å². The normalized spacial score (nSPS) is 11.4. The molecule has 0 aliphatic rings. The smallest absolute Gasteiger partial charge is 0.407 e. The van der Waals surface area contributed by atoms with E-state index in [1.807, 2.05) is 57.2 Å². The largest absolute Gasteiger partial charge is 0.491 e. The van der Waals surface area contributed by atoms with Crippen LogP contribution in [0, 0.1) is 6.92 Å². The van der Waals surface area contributed by atoms with Gasteiger partial charge in [-0.15, -0.1) is 10.2 Å². The second-order valence-electron chi connectivity index (χ2n) is 7.70. The fraction of sp³-hybridized carbons (Fsp3) is 0.524. The van der Waals surface area contributed by atoms with E-state index in [-0.39, 0.29) is 18.3 Å². The Labute approximate surface area is 176 Å². The molecule has 0 aliphatic heterocycles. The number of hydrogen-bond acceptors (Lipinski definition) is 7. The van der Waals surface area contributed by atoms with Crippen LogP contribution in [0.5, 0.6) is 5.75 Å². The summed E-state index contributed by atoms with van der Waals surface area (Å²) in [7, 11) is 0. The van der Waals surface area contributed by atoms with E-state index in [9.17, 15) is 4.79 Å². The lowest BCUT2D eigenvalue weighted by Crippen LogP contribution is -2.27. The first-order chi connectivity index (χ1) is 14.3. The van der Waals surface area contributed by atoms with Gasteiger partial charge in [-0.25, -0.2) is 9.78 Å². The minimum absolute atomic E-state index is 0.0897. The summed E-state index contributed by atoms with van der Waals surface area (Å²) in [6, 6.07) is 5.85. The van der Waals surface area contributed by atoms with Crippen LogP contribution in [0.1, 0.15) is 46.4 Å². The highest BCUT2D eigenvalue weighted by Crippen LogP contribution is 2.25. The van der Waals surface area contributed by atoms with Gasteiger partial charge in [0.25, 0.3) is 0 Å². The Morgan fingerprint density at radius 2 is 1.87 bits per heavy atom. The monoisotopic (exact) mass is 414 g/mol. The first-order valence-electron chi connectivity index (χ1n) is 10.4. The molecule has 9 nitrogen and oxygen atoms in total. The van der Waals surface area contributed by atoms with Crippen molar-refractivity contribution in [3.05, 3.63) is 24.0 Å². The van der Waals surface area contributed by atoms with E-state index in [2.05, 4.69) is 20.8 Å². The lowest BCUT2D eigenvalue weighted by Gasteiger charge is -2.13. The average Bonchev–Trinajstić information content (AvgIpc) is 3.05. The Morgan fingerprint density at radius 3 is 2.60 bits per heavy atom.